The van der Waals surface area contributed by atoms with Gasteiger partial charge in [0.05, 0.1) is 22.8 Å². The minimum Gasteiger partial charge on any atom is -0.376 e. The number of sulfonamides is 1. The molecule has 2 atom stereocenters. The fourth-order valence-corrected chi connectivity index (χ4v) is 6.11. The van der Waals surface area contributed by atoms with Crippen molar-refractivity contribution in [3.8, 4) is 0 Å². The SMILES string of the molecule is CC(Sc1nnnn1CC1CCCO1)C(=O)Nc1ccc(S(=O)(=O)N2CCCCC2)cc1. The Balaban J connectivity index is 1.34. The van der Waals surface area contributed by atoms with E-state index in [2.05, 4.69) is 20.8 Å². The molecule has 2 fully saturated rings. The summed E-state index contributed by atoms with van der Waals surface area (Å²) in [5, 5.41) is 14.7. The highest BCUT2D eigenvalue weighted by atomic mass is 32.2. The number of nitrogens with one attached hydrogen (secondary N) is 1. The Hall–Kier alpha value is -2.02. The predicted octanol–water partition coefficient (Wildman–Crippen LogP) is 2.15. The molecule has 0 spiro atoms. The molecule has 12 heteroatoms. The fraction of sp³-hybridized carbons (Fsp3) is 0.600. The van der Waals surface area contributed by atoms with Crippen LogP contribution >= 0.6 is 11.8 Å². The molecule has 2 aliphatic heterocycles. The number of tetrazole rings is 1. The van der Waals surface area contributed by atoms with E-state index < -0.39 is 15.3 Å². The van der Waals surface area contributed by atoms with Crippen LogP contribution in [0.5, 0.6) is 0 Å². The summed E-state index contributed by atoms with van der Waals surface area (Å²) in [5.74, 6) is -0.215. The van der Waals surface area contributed by atoms with Crippen molar-refractivity contribution in [1.82, 2.24) is 24.5 Å². The highest BCUT2D eigenvalue weighted by Crippen LogP contribution is 2.25. The van der Waals surface area contributed by atoms with Gasteiger partial charge < -0.3 is 10.1 Å². The zero-order chi connectivity index (χ0) is 22.6. The first-order valence-corrected chi connectivity index (χ1v) is 13.2. The molecule has 0 saturated carbocycles. The number of anilines is 1. The van der Waals surface area contributed by atoms with E-state index in [0.717, 1.165) is 38.7 Å². The lowest BCUT2D eigenvalue weighted by molar-refractivity contribution is -0.115. The van der Waals surface area contributed by atoms with Gasteiger partial charge in [0.1, 0.15) is 0 Å². The average Bonchev–Trinajstić information content (AvgIpc) is 3.47. The van der Waals surface area contributed by atoms with Crippen LogP contribution < -0.4 is 5.32 Å². The van der Waals surface area contributed by atoms with Crippen molar-refractivity contribution >= 4 is 33.4 Å². The van der Waals surface area contributed by atoms with Crippen LogP contribution in [0.1, 0.15) is 39.0 Å². The van der Waals surface area contributed by atoms with Gasteiger partial charge in [0.2, 0.25) is 21.1 Å². The number of carbonyl (C=O) groups is 1. The third-order valence-electron chi connectivity index (χ3n) is 5.63. The largest absolute Gasteiger partial charge is 0.376 e. The van der Waals surface area contributed by atoms with E-state index in [9.17, 15) is 13.2 Å². The number of amides is 1. The molecule has 1 N–H and O–H groups in total. The number of hydrogen-bond donors (Lipinski definition) is 1. The summed E-state index contributed by atoms with van der Waals surface area (Å²) >= 11 is 1.27. The van der Waals surface area contributed by atoms with Crippen LogP contribution in [0.25, 0.3) is 0 Å². The molecule has 3 heterocycles. The molecule has 0 aliphatic carbocycles. The van der Waals surface area contributed by atoms with E-state index in [1.165, 1.54) is 16.1 Å². The van der Waals surface area contributed by atoms with Gasteiger partial charge in [-0.1, -0.05) is 18.2 Å². The first kappa shape index (κ1) is 23.1. The Labute approximate surface area is 192 Å². The molecule has 0 bridgehead atoms. The number of aromatic nitrogens is 4. The topological polar surface area (TPSA) is 119 Å². The number of piperidine rings is 1. The third kappa shape index (κ3) is 5.48. The van der Waals surface area contributed by atoms with Crippen LogP contribution in [-0.2, 0) is 26.1 Å². The predicted molar refractivity (Wildman–Crippen MR) is 120 cm³/mol. The zero-order valence-corrected chi connectivity index (χ0v) is 19.6. The summed E-state index contributed by atoms with van der Waals surface area (Å²) in [4.78, 5) is 12.9. The normalized spacial score (nSPS) is 20.8. The fourth-order valence-electron chi connectivity index (χ4n) is 3.80. The lowest BCUT2D eigenvalue weighted by Crippen LogP contribution is -2.35. The Kier molecular flexibility index (Phi) is 7.44. The lowest BCUT2D eigenvalue weighted by atomic mass is 10.2. The Morgan fingerprint density at radius 3 is 2.66 bits per heavy atom. The summed E-state index contributed by atoms with van der Waals surface area (Å²) in [5.41, 5.74) is 0.541. The number of ether oxygens (including phenoxy) is 1. The lowest BCUT2D eigenvalue weighted by Gasteiger charge is -2.25. The monoisotopic (exact) mass is 480 g/mol. The maximum atomic E-state index is 12.8. The standard InChI is InChI=1S/C20H28N6O4S2/c1-15(31-20-22-23-24-26(20)14-17-6-5-13-30-17)19(27)21-16-7-9-18(10-8-16)32(28,29)25-11-3-2-4-12-25/h7-10,15,17H,2-6,11-14H2,1H3,(H,21,27). The minimum atomic E-state index is -3.49. The summed E-state index contributed by atoms with van der Waals surface area (Å²) < 4.78 is 34.4. The minimum absolute atomic E-state index is 0.0988. The average molecular weight is 481 g/mol. The van der Waals surface area contributed by atoms with Gasteiger partial charge in [0.15, 0.2) is 0 Å². The van der Waals surface area contributed by atoms with Crippen LogP contribution in [0.15, 0.2) is 34.3 Å². The summed E-state index contributed by atoms with van der Waals surface area (Å²) in [6.45, 7) is 4.22. The number of thioether (sulfide) groups is 1. The van der Waals surface area contributed by atoms with Crippen molar-refractivity contribution in [3.05, 3.63) is 24.3 Å². The van der Waals surface area contributed by atoms with Gasteiger partial charge in [-0.05, 0) is 67.3 Å². The van der Waals surface area contributed by atoms with Crippen LogP contribution in [0.2, 0.25) is 0 Å². The van der Waals surface area contributed by atoms with E-state index in [1.54, 1.807) is 35.9 Å². The van der Waals surface area contributed by atoms with Crippen molar-refractivity contribution in [2.75, 3.05) is 25.0 Å². The van der Waals surface area contributed by atoms with E-state index in [-0.39, 0.29) is 16.9 Å². The maximum absolute atomic E-state index is 12.8. The van der Waals surface area contributed by atoms with Gasteiger partial charge in [-0.2, -0.15) is 4.31 Å². The molecule has 4 rings (SSSR count). The van der Waals surface area contributed by atoms with Gasteiger partial charge in [0, 0.05) is 25.4 Å². The maximum Gasteiger partial charge on any atom is 0.243 e. The summed E-state index contributed by atoms with van der Waals surface area (Å²) in [7, 11) is -3.49. The quantitative estimate of drug-likeness (QED) is 0.571. The smallest absolute Gasteiger partial charge is 0.243 e. The summed E-state index contributed by atoms with van der Waals surface area (Å²) in [6.07, 6.45) is 4.95. The zero-order valence-electron chi connectivity index (χ0n) is 18.0. The number of rotatable bonds is 8. The highest BCUT2D eigenvalue weighted by molar-refractivity contribution is 8.00. The molecule has 1 aromatic carbocycles. The molecule has 1 aromatic heterocycles. The second-order valence-corrected chi connectivity index (χ2v) is 11.3. The Morgan fingerprint density at radius 2 is 1.97 bits per heavy atom. The van der Waals surface area contributed by atoms with E-state index in [0.29, 0.717) is 30.5 Å². The highest BCUT2D eigenvalue weighted by Gasteiger charge is 2.26. The van der Waals surface area contributed by atoms with Crippen LogP contribution in [0, 0.1) is 0 Å². The Bertz CT molecular complexity index is 1010. The van der Waals surface area contributed by atoms with E-state index >= 15 is 0 Å². The molecule has 174 valence electrons. The molecule has 32 heavy (non-hydrogen) atoms. The second kappa shape index (κ2) is 10.3. The van der Waals surface area contributed by atoms with Crippen molar-refractivity contribution in [3.63, 3.8) is 0 Å². The van der Waals surface area contributed by atoms with Gasteiger partial charge in [-0.25, -0.2) is 13.1 Å². The first-order chi connectivity index (χ1) is 15.4. The molecule has 2 aliphatic rings. The van der Waals surface area contributed by atoms with E-state index in [1.807, 2.05) is 0 Å². The van der Waals surface area contributed by atoms with Gasteiger partial charge in [0.25, 0.3) is 0 Å². The van der Waals surface area contributed by atoms with Gasteiger partial charge in [-0.15, -0.1) is 5.10 Å². The number of benzene rings is 1. The van der Waals surface area contributed by atoms with E-state index in [4.69, 9.17) is 4.74 Å². The molecule has 2 unspecified atom stereocenters. The molecular formula is C20H28N6O4S2. The third-order valence-corrected chi connectivity index (χ3v) is 8.61. The summed E-state index contributed by atoms with van der Waals surface area (Å²) in [6, 6.07) is 6.32. The molecule has 10 nitrogen and oxygen atoms in total. The van der Waals surface area contributed by atoms with Crippen molar-refractivity contribution in [2.24, 2.45) is 0 Å². The van der Waals surface area contributed by atoms with Crippen molar-refractivity contribution in [1.29, 1.82) is 0 Å². The number of carbonyl (C=O) groups excluding carboxylic acids is 1. The molecule has 1 amide bonds. The molecule has 2 saturated heterocycles. The first-order valence-electron chi connectivity index (χ1n) is 10.9. The van der Waals surface area contributed by atoms with Crippen LogP contribution in [0.3, 0.4) is 0 Å². The van der Waals surface area contributed by atoms with Gasteiger partial charge >= 0.3 is 0 Å². The Morgan fingerprint density at radius 1 is 1.22 bits per heavy atom. The molecule has 0 radical (unpaired) electrons. The molecular weight excluding hydrogens is 452 g/mol. The number of nitrogens with zero attached hydrogens (tertiary/aromatic N) is 5. The van der Waals surface area contributed by atoms with Gasteiger partial charge in [-0.3, -0.25) is 4.79 Å². The van der Waals surface area contributed by atoms with Crippen LogP contribution in [0.4, 0.5) is 5.69 Å². The molecule has 2 aromatic rings. The van der Waals surface area contributed by atoms with Crippen LogP contribution in [-0.4, -0.2) is 69.9 Å². The number of hydrogen-bond acceptors (Lipinski definition) is 8. The van der Waals surface area contributed by atoms with Crippen molar-refractivity contribution < 1.29 is 17.9 Å². The van der Waals surface area contributed by atoms with Crippen molar-refractivity contribution in [2.45, 2.75) is 67.0 Å². The second-order valence-electron chi connectivity index (χ2n) is 8.02.